The summed E-state index contributed by atoms with van der Waals surface area (Å²) >= 11 is 5.55. The van der Waals surface area contributed by atoms with Crippen molar-refractivity contribution >= 4 is 38.5 Å². The van der Waals surface area contributed by atoms with E-state index in [4.69, 9.17) is 0 Å². The maximum atomic E-state index is 10.2. The number of hydrogen-bond donors (Lipinski definition) is 1. The van der Waals surface area contributed by atoms with Gasteiger partial charge in [0.1, 0.15) is 14.4 Å². The zero-order chi connectivity index (χ0) is 11.9. The molecule has 2 heterocycles. The molecule has 16 heavy (non-hydrogen) atoms. The maximum Gasteiger partial charge on any atom is 0.112 e. The van der Waals surface area contributed by atoms with Crippen molar-refractivity contribution < 1.29 is 5.11 Å². The Morgan fingerprint density at radius 2 is 1.81 bits per heavy atom. The molecule has 1 atom stereocenters. The Morgan fingerprint density at radius 3 is 2.25 bits per heavy atom. The van der Waals surface area contributed by atoms with E-state index < -0.39 is 6.10 Å². The van der Waals surface area contributed by atoms with Gasteiger partial charge in [0, 0.05) is 25.2 Å². The lowest BCUT2D eigenvalue weighted by Crippen LogP contribution is -2.02. The Morgan fingerprint density at radius 1 is 1.25 bits per heavy atom. The van der Waals surface area contributed by atoms with Gasteiger partial charge in [0.05, 0.1) is 12.4 Å². The monoisotopic (exact) mass is 396 g/mol. The van der Waals surface area contributed by atoms with E-state index >= 15 is 0 Å². The van der Waals surface area contributed by atoms with Crippen LogP contribution in [0.1, 0.15) is 17.2 Å². The number of hydrogen-bond acceptors (Lipinski definition) is 3. The van der Waals surface area contributed by atoms with Crippen molar-refractivity contribution in [2.75, 3.05) is 0 Å². The van der Waals surface area contributed by atoms with E-state index in [1.165, 1.54) is 0 Å². The topological polar surface area (TPSA) is 55.9 Å². The van der Waals surface area contributed by atoms with Crippen LogP contribution in [0.3, 0.4) is 0 Å². The third-order valence-electron chi connectivity index (χ3n) is 2.37. The summed E-state index contributed by atoms with van der Waals surface area (Å²) < 4.78 is 5.09. The first kappa shape index (κ1) is 12.1. The van der Waals surface area contributed by atoms with Crippen LogP contribution < -0.4 is 0 Å². The second-order valence-electron chi connectivity index (χ2n) is 3.43. The van der Waals surface area contributed by atoms with Crippen molar-refractivity contribution in [2.45, 2.75) is 6.10 Å². The molecule has 0 aliphatic rings. The van der Waals surface area contributed by atoms with Gasteiger partial charge >= 0.3 is 0 Å². The first-order valence-corrected chi connectivity index (χ1v) is 6.42. The molecule has 0 spiro atoms. The van der Waals surface area contributed by atoms with Crippen molar-refractivity contribution in [3.05, 3.63) is 31.8 Å². The molecule has 0 aliphatic carbocycles. The molecule has 0 fully saturated rings. The van der Waals surface area contributed by atoms with E-state index in [0.29, 0.717) is 0 Å². The van der Waals surface area contributed by atoms with Gasteiger partial charge in [-0.1, -0.05) is 0 Å². The van der Waals surface area contributed by atoms with E-state index in [-0.39, 0.29) is 0 Å². The molecular formula is C9H10BrIN4O. The standard InChI is InChI=1S/C9H10BrIN4O/c1-14-8(10)5(3-12-14)7(16)6-4-13-15(2)9(6)11/h3-4,7,16H,1-2H3. The number of aliphatic hydroxyl groups is 1. The molecule has 0 radical (unpaired) electrons. The number of aryl methyl sites for hydroxylation is 2. The van der Waals surface area contributed by atoms with Crippen molar-refractivity contribution in [2.24, 2.45) is 14.1 Å². The lowest BCUT2D eigenvalue weighted by molar-refractivity contribution is 0.218. The summed E-state index contributed by atoms with van der Waals surface area (Å²) in [5.74, 6) is 0. The lowest BCUT2D eigenvalue weighted by atomic mass is 10.1. The minimum Gasteiger partial charge on any atom is -0.383 e. The van der Waals surface area contributed by atoms with E-state index in [0.717, 1.165) is 19.4 Å². The third kappa shape index (κ3) is 1.91. The van der Waals surface area contributed by atoms with Crippen molar-refractivity contribution in [1.29, 1.82) is 0 Å². The first-order chi connectivity index (χ1) is 7.52. The zero-order valence-corrected chi connectivity index (χ0v) is 12.5. The molecule has 1 N–H and O–H groups in total. The highest BCUT2D eigenvalue weighted by Gasteiger charge is 2.21. The maximum absolute atomic E-state index is 10.2. The summed E-state index contributed by atoms with van der Waals surface area (Å²) in [6.45, 7) is 0. The summed E-state index contributed by atoms with van der Waals surface area (Å²) in [4.78, 5) is 0. The summed E-state index contributed by atoms with van der Waals surface area (Å²) in [5.41, 5.74) is 1.53. The van der Waals surface area contributed by atoms with Gasteiger partial charge < -0.3 is 5.11 Å². The molecule has 0 bridgehead atoms. The smallest absolute Gasteiger partial charge is 0.112 e. The van der Waals surface area contributed by atoms with Crippen LogP contribution in [-0.4, -0.2) is 24.7 Å². The Balaban J connectivity index is 2.43. The quantitative estimate of drug-likeness (QED) is 0.784. The highest BCUT2D eigenvalue weighted by Crippen LogP contribution is 2.30. The second-order valence-corrected chi connectivity index (χ2v) is 5.20. The van der Waals surface area contributed by atoms with Gasteiger partial charge in [0.2, 0.25) is 0 Å². The van der Waals surface area contributed by atoms with Crippen LogP contribution >= 0.6 is 38.5 Å². The van der Waals surface area contributed by atoms with E-state index in [2.05, 4.69) is 48.7 Å². The first-order valence-electron chi connectivity index (χ1n) is 4.55. The summed E-state index contributed by atoms with van der Waals surface area (Å²) in [7, 11) is 3.66. The Labute approximate surface area is 115 Å². The van der Waals surface area contributed by atoms with E-state index in [1.807, 2.05) is 14.1 Å². The second kappa shape index (κ2) is 4.46. The van der Waals surface area contributed by atoms with Crippen molar-refractivity contribution in [3.63, 3.8) is 0 Å². The summed E-state index contributed by atoms with van der Waals surface area (Å²) in [5, 5.41) is 18.4. The molecule has 86 valence electrons. The van der Waals surface area contributed by atoms with Crippen LogP contribution in [0.15, 0.2) is 17.0 Å². The van der Waals surface area contributed by atoms with Crippen molar-refractivity contribution in [1.82, 2.24) is 19.6 Å². The Kier molecular flexibility index (Phi) is 3.36. The molecule has 5 nitrogen and oxygen atoms in total. The molecule has 2 rings (SSSR count). The zero-order valence-electron chi connectivity index (χ0n) is 8.72. The van der Waals surface area contributed by atoms with Gasteiger partial charge in [-0.05, 0) is 38.5 Å². The number of nitrogens with zero attached hydrogens (tertiary/aromatic N) is 4. The fourth-order valence-electron chi connectivity index (χ4n) is 1.41. The largest absolute Gasteiger partial charge is 0.383 e. The van der Waals surface area contributed by atoms with Crippen LogP contribution in [0.25, 0.3) is 0 Å². The van der Waals surface area contributed by atoms with Gasteiger partial charge in [-0.25, -0.2) is 0 Å². The molecule has 0 saturated carbocycles. The molecule has 7 heteroatoms. The molecule has 0 amide bonds. The van der Waals surface area contributed by atoms with Gasteiger partial charge in [-0.3, -0.25) is 9.36 Å². The SMILES string of the molecule is Cn1ncc(C(O)c2cnn(C)c2I)c1Br. The van der Waals surface area contributed by atoms with Gasteiger partial charge in [-0.15, -0.1) is 0 Å². The average Bonchev–Trinajstić information content (AvgIpc) is 2.74. The van der Waals surface area contributed by atoms with Crippen molar-refractivity contribution in [3.8, 4) is 0 Å². The Hall–Kier alpha value is -0.410. The fourth-order valence-corrected chi connectivity index (χ4v) is 2.38. The highest BCUT2D eigenvalue weighted by molar-refractivity contribution is 14.1. The minimum absolute atomic E-state index is 0.705. The fraction of sp³-hybridized carbons (Fsp3) is 0.333. The van der Waals surface area contributed by atoms with Crippen LogP contribution in [0.2, 0.25) is 0 Å². The molecule has 2 aromatic rings. The molecular weight excluding hydrogens is 387 g/mol. The lowest BCUT2D eigenvalue weighted by Gasteiger charge is -2.08. The predicted octanol–water partition coefficient (Wildman–Crippen LogP) is 1.60. The van der Waals surface area contributed by atoms with Crippen LogP contribution in [0.4, 0.5) is 0 Å². The minimum atomic E-state index is -0.705. The number of halogens is 2. The number of rotatable bonds is 2. The highest BCUT2D eigenvalue weighted by atomic mass is 127. The molecule has 1 unspecified atom stereocenters. The number of aromatic nitrogens is 4. The molecule has 2 aromatic heterocycles. The molecule has 0 aliphatic heterocycles. The van der Waals surface area contributed by atoms with Crippen LogP contribution in [0.5, 0.6) is 0 Å². The average molecular weight is 397 g/mol. The Bertz CT molecular complexity index is 475. The summed E-state index contributed by atoms with van der Waals surface area (Å²) in [6, 6.07) is 0. The normalized spacial score (nSPS) is 13.1. The molecule has 0 saturated heterocycles. The van der Waals surface area contributed by atoms with E-state index in [9.17, 15) is 5.11 Å². The van der Waals surface area contributed by atoms with Crippen LogP contribution in [0, 0.1) is 3.70 Å². The molecule has 0 aromatic carbocycles. The van der Waals surface area contributed by atoms with Gasteiger partial charge in [0.25, 0.3) is 0 Å². The van der Waals surface area contributed by atoms with Gasteiger partial charge in [0.15, 0.2) is 0 Å². The summed E-state index contributed by atoms with van der Waals surface area (Å²) in [6.07, 6.45) is 2.62. The number of aliphatic hydroxyl groups excluding tert-OH is 1. The van der Waals surface area contributed by atoms with Gasteiger partial charge in [-0.2, -0.15) is 10.2 Å². The van der Waals surface area contributed by atoms with E-state index in [1.54, 1.807) is 21.8 Å². The third-order valence-corrected chi connectivity index (χ3v) is 4.67. The predicted molar refractivity (Wildman–Crippen MR) is 70.9 cm³/mol. The van der Waals surface area contributed by atoms with Crippen LogP contribution in [-0.2, 0) is 14.1 Å².